The Bertz CT molecular complexity index is 288. The van der Waals surface area contributed by atoms with Gasteiger partial charge in [0.05, 0.1) is 14.2 Å². The average molecular weight is 193 g/mol. The molecule has 0 aromatic heterocycles. The first-order chi connectivity index (χ1) is 6.47. The standard InChI is InChI=1S/C12H17O2/c1-12(2,3)9-6-10(13-4)8-11(7-9)14-5/h6,8H,1-5H3. The maximum absolute atomic E-state index is 5.19. The van der Waals surface area contributed by atoms with E-state index in [1.54, 1.807) is 14.2 Å². The van der Waals surface area contributed by atoms with Crippen LogP contribution >= 0.6 is 0 Å². The van der Waals surface area contributed by atoms with Gasteiger partial charge in [-0.1, -0.05) is 20.8 Å². The quantitative estimate of drug-likeness (QED) is 0.719. The SMILES string of the molecule is COc1[c]c(C(C)(C)C)cc(OC)c1. The van der Waals surface area contributed by atoms with Gasteiger partial charge in [0.25, 0.3) is 0 Å². The van der Waals surface area contributed by atoms with Crippen molar-refractivity contribution >= 4 is 0 Å². The van der Waals surface area contributed by atoms with E-state index in [4.69, 9.17) is 9.47 Å². The molecule has 0 aliphatic heterocycles. The molecule has 0 unspecified atom stereocenters. The fourth-order valence-corrected chi connectivity index (χ4v) is 1.15. The molecule has 0 fully saturated rings. The summed E-state index contributed by atoms with van der Waals surface area (Å²) in [4.78, 5) is 0. The van der Waals surface area contributed by atoms with E-state index in [2.05, 4.69) is 26.8 Å². The third-order valence-electron chi connectivity index (χ3n) is 2.08. The molecule has 2 heteroatoms. The molecule has 1 aromatic rings. The van der Waals surface area contributed by atoms with Crippen molar-refractivity contribution in [2.24, 2.45) is 0 Å². The van der Waals surface area contributed by atoms with Gasteiger partial charge in [-0.05, 0) is 17.0 Å². The van der Waals surface area contributed by atoms with E-state index < -0.39 is 0 Å². The number of rotatable bonds is 2. The topological polar surface area (TPSA) is 18.5 Å². The van der Waals surface area contributed by atoms with Crippen LogP contribution in [0.3, 0.4) is 0 Å². The van der Waals surface area contributed by atoms with Gasteiger partial charge in [0.15, 0.2) is 0 Å². The molecule has 0 saturated carbocycles. The van der Waals surface area contributed by atoms with Crippen molar-refractivity contribution in [1.29, 1.82) is 0 Å². The zero-order valence-electron chi connectivity index (χ0n) is 9.47. The lowest BCUT2D eigenvalue weighted by Crippen LogP contribution is -2.11. The van der Waals surface area contributed by atoms with Crippen molar-refractivity contribution < 1.29 is 9.47 Å². The Labute approximate surface area is 85.8 Å². The maximum atomic E-state index is 5.19. The highest BCUT2D eigenvalue weighted by Crippen LogP contribution is 2.29. The van der Waals surface area contributed by atoms with Crippen LogP contribution in [0.5, 0.6) is 11.5 Å². The summed E-state index contributed by atoms with van der Waals surface area (Å²) in [7, 11) is 3.29. The minimum Gasteiger partial charge on any atom is -0.497 e. The van der Waals surface area contributed by atoms with Gasteiger partial charge in [-0.2, -0.15) is 0 Å². The molecule has 0 N–H and O–H groups in total. The monoisotopic (exact) mass is 193 g/mol. The molecular weight excluding hydrogens is 176 g/mol. The normalized spacial score (nSPS) is 11.2. The first-order valence-corrected chi connectivity index (χ1v) is 4.63. The Balaban J connectivity index is 3.17. The van der Waals surface area contributed by atoms with Gasteiger partial charge in [0.1, 0.15) is 11.5 Å². The Hall–Kier alpha value is -1.18. The summed E-state index contributed by atoms with van der Waals surface area (Å²) in [6.07, 6.45) is 0. The van der Waals surface area contributed by atoms with Crippen molar-refractivity contribution in [1.82, 2.24) is 0 Å². The van der Waals surface area contributed by atoms with Crippen molar-refractivity contribution in [2.75, 3.05) is 14.2 Å². The number of benzene rings is 1. The maximum Gasteiger partial charge on any atom is 0.130 e. The zero-order chi connectivity index (χ0) is 10.8. The van der Waals surface area contributed by atoms with Gasteiger partial charge >= 0.3 is 0 Å². The number of hydrogen-bond acceptors (Lipinski definition) is 2. The van der Waals surface area contributed by atoms with E-state index in [1.807, 2.05) is 12.1 Å². The van der Waals surface area contributed by atoms with E-state index in [0.717, 1.165) is 11.3 Å². The van der Waals surface area contributed by atoms with Crippen LogP contribution in [-0.2, 0) is 5.41 Å². The molecule has 14 heavy (non-hydrogen) atoms. The lowest BCUT2D eigenvalue weighted by molar-refractivity contribution is 0.390. The summed E-state index contributed by atoms with van der Waals surface area (Å²) >= 11 is 0. The zero-order valence-corrected chi connectivity index (χ0v) is 9.47. The van der Waals surface area contributed by atoms with Crippen molar-refractivity contribution in [2.45, 2.75) is 26.2 Å². The Morgan fingerprint density at radius 1 is 1.07 bits per heavy atom. The molecule has 2 nitrogen and oxygen atoms in total. The van der Waals surface area contributed by atoms with Crippen molar-refractivity contribution in [3.05, 3.63) is 23.8 Å². The molecule has 0 heterocycles. The van der Waals surface area contributed by atoms with Crippen LogP contribution < -0.4 is 9.47 Å². The molecule has 0 atom stereocenters. The molecule has 77 valence electrons. The van der Waals surface area contributed by atoms with Gasteiger partial charge in [0.2, 0.25) is 0 Å². The second-order valence-electron chi connectivity index (χ2n) is 4.25. The van der Waals surface area contributed by atoms with Crippen LogP contribution in [0.2, 0.25) is 0 Å². The van der Waals surface area contributed by atoms with Crippen LogP contribution in [0.4, 0.5) is 0 Å². The second-order valence-corrected chi connectivity index (χ2v) is 4.25. The molecule has 0 bridgehead atoms. The number of methoxy groups -OCH3 is 2. The number of hydrogen-bond donors (Lipinski definition) is 0. The van der Waals surface area contributed by atoms with Crippen LogP contribution in [0.15, 0.2) is 12.1 Å². The van der Waals surface area contributed by atoms with Gasteiger partial charge in [-0.3, -0.25) is 0 Å². The fourth-order valence-electron chi connectivity index (χ4n) is 1.15. The molecule has 0 aliphatic rings. The predicted octanol–water partition coefficient (Wildman–Crippen LogP) is 2.80. The molecule has 1 radical (unpaired) electrons. The van der Waals surface area contributed by atoms with Gasteiger partial charge in [-0.25, -0.2) is 0 Å². The molecule has 1 rings (SSSR count). The molecule has 0 amide bonds. The highest BCUT2D eigenvalue weighted by atomic mass is 16.5. The highest BCUT2D eigenvalue weighted by molar-refractivity contribution is 5.39. The molecule has 0 saturated heterocycles. The highest BCUT2D eigenvalue weighted by Gasteiger charge is 2.16. The lowest BCUT2D eigenvalue weighted by Gasteiger charge is -2.20. The second kappa shape index (κ2) is 3.91. The molecular formula is C12H17O2. The van der Waals surface area contributed by atoms with E-state index >= 15 is 0 Å². The van der Waals surface area contributed by atoms with Gasteiger partial charge in [0, 0.05) is 12.1 Å². The largest absolute Gasteiger partial charge is 0.497 e. The first kappa shape index (κ1) is 10.9. The minimum atomic E-state index is 0.0574. The summed E-state index contributed by atoms with van der Waals surface area (Å²) in [5, 5.41) is 0. The van der Waals surface area contributed by atoms with Crippen molar-refractivity contribution in [3.8, 4) is 11.5 Å². The first-order valence-electron chi connectivity index (χ1n) is 4.63. The summed E-state index contributed by atoms with van der Waals surface area (Å²) < 4.78 is 10.3. The fraction of sp³-hybridized carbons (Fsp3) is 0.500. The Kier molecular flexibility index (Phi) is 3.04. The van der Waals surface area contributed by atoms with Crippen LogP contribution in [0.25, 0.3) is 0 Å². The third kappa shape index (κ3) is 2.41. The van der Waals surface area contributed by atoms with E-state index in [9.17, 15) is 0 Å². The average Bonchev–Trinajstić information content (AvgIpc) is 2.15. The predicted molar refractivity (Wildman–Crippen MR) is 57.1 cm³/mol. The summed E-state index contributed by atoms with van der Waals surface area (Å²) in [5.41, 5.74) is 1.15. The third-order valence-corrected chi connectivity index (χ3v) is 2.08. The molecule has 1 aromatic carbocycles. The van der Waals surface area contributed by atoms with Gasteiger partial charge < -0.3 is 9.47 Å². The Morgan fingerprint density at radius 2 is 1.71 bits per heavy atom. The summed E-state index contributed by atoms with van der Waals surface area (Å²) in [6, 6.07) is 7.02. The smallest absolute Gasteiger partial charge is 0.130 e. The Morgan fingerprint density at radius 3 is 2.14 bits per heavy atom. The van der Waals surface area contributed by atoms with E-state index in [0.29, 0.717) is 5.75 Å². The van der Waals surface area contributed by atoms with Crippen LogP contribution in [0, 0.1) is 6.07 Å². The summed E-state index contributed by atoms with van der Waals surface area (Å²) in [5.74, 6) is 1.53. The molecule has 0 aliphatic carbocycles. The van der Waals surface area contributed by atoms with Crippen molar-refractivity contribution in [3.63, 3.8) is 0 Å². The van der Waals surface area contributed by atoms with Crippen LogP contribution in [-0.4, -0.2) is 14.2 Å². The van der Waals surface area contributed by atoms with Crippen LogP contribution in [0.1, 0.15) is 26.3 Å². The molecule has 0 spiro atoms. The summed E-state index contributed by atoms with van der Waals surface area (Å²) in [6.45, 7) is 6.41. The van der Waals surface area contributed by atoms with Gasteiger partial charge in [-0.15, -0.1) is 0 Å². The van der Waals surface area contributed by atoms with E-state index in [1.165, 1.54) is 0 Å². The minimum absolute atomic E-state index is 0.0574. The lowest BCUT2D eigenvalue weighted by atomic mass is 9.87. The number of ether oxygens (including phenoxy) is 2. The van der Waals surface area contributed by atoms with E-state index in [-0.39, 0.29) is 5.41 Å².